The molecule has 9 heteroatoms. The second-order valence-electron chi connectivity index (χ2n) is 7.25. The molecular formula is C21H28FN3O3S2. The Labute approximate surface area is 183 Å². The molecule has 6 nitrogen and oxygen atoms in total. The van der Waals surface area contributed by atoms with Gasteiger partial charge >= 0.3 is 0 Å². The number of thiazole rings is 1. The van der Waals surface area contributed by atoms with Gasteiger partial charge in [-0.2, -0.15) is 4.99 Å². The Morgan fingerprint density at radius 2 is 2.10 bits per heavy atom. The number of hydrogen-bond donors (Lipinski definition) is 1. The number of aromatic nitrogens is 1. The summed E-state index contributed by atoms with van der Waals surface area (Å²) in [6.45, 7) is 3.53. The molecule has 1 aromatic carbocycles. The van der Waals surface area contributed by atoms with Crippen molar-refractivity contribution in [3.05, 3.63) is 28.8 Å². The lowest BCUT2D eigenvalue weighted by atomic mass is 9.95. The van der Waals surface area contributed by atoms with Crippen LogP contribution in [0.4, 0.5) is 4.39 Å². The van der Waals surface area contributed by atoms with E-state index in [9.17, 15) is 14.0 Å². The number of nitrogens with zero attached hydrogens (tertiary/aromatic N) is 2. The molecule has 3 rings (SSSR count). The minimum absolute atomic E-state index is 0.0242. The molecule has 1 saturated carbocycles. The van der Waals surface area contributed by atoms with Crippen LogP contribution in [-0.4, -0.2) is 47.1 Å². The number of benzene rings is 1. The van der Waals surface area contributed by atoms with Gasteiger partial charge in [-0.25, -0.2) is 4.39 Å². The van der Waals surface area contributed by atoms with Crippen LogP contribution in [0, 0.1) is 5.82 Å². The van der Waals surface area contributed by atoms with Gasteiger partial charge in [-0.15, -0.1) is 11.8 Å². The smallest absolute Gasteiger partial charge is 0.258 e. The maximum Gasteiger partial charge on any atom is 0.258 e. The zero-order valence-electron chi connectivity index (χ0n) is 17.2. The second-order valence-corrected chi connectivity index (χ2v) is 9.24. The Morgan fingerprint density at radius 1 is 1.30 bits per heavy atom. The van der Waals surface area contributed by atoms with Crippen molar-refractivity contribution in [3.63, 3.8) is 0 Å². The lowest BCUT2D eigenvalue weighted by Gasteiger charge is -2.22. The molecular weight excluding hydrogens is 425 g/mol. The lowest BCUT2D eigenvalue weighted by Crippen LogP contribution is -2.37. The van der Waals surface area contributed by atoms with Crippen LogP contribution in [0.5, 0.6) is 0 Å². The SMILES string of the molecule is CCOCCn1c(=NC(=O)CSCC(=O)NC2CCCCC2)sc2cc(F)ccc21. The molecule has 1 heterocycles. The number of amides is 2. The molecule has 1 aliphatic rings. The molecule has 0 bridgehead atoms. The summed E-state index contributed by atoms with van der Waals surface area (Å²) in [4.78, 5) is 29.2. The van der Waals surface area contributed by atoms with Crippen molar-refractivity contribution in [1.82, 2.24) is 9.88 Å². The van der Waals surface area contributed by atoms with Gasteiger partial charge in [-0.3, -0.25) is 9.59 Å². The summed E-state index contributed by atoms with van der Waals surface area (Å²) in [6.07, 6.45) is 5.65. The monoisotopic (exact) mass is 453 g/mol. The van der Waals surface area contributed by atoms with Crippen molar-refractivity contribution in [3.8, 4) is 0 Å². The molecule has 0 atom stereocenters. The Kier molecular flexibility index (Phi) is 8.89. The van der Waals surface area contributed by atoms with Crippen LogP contribution < -0.4 is 10.1 Å². The summed E-state index contributed by atoms with van der Waals surface area (Å²) in [6, 6.07) is 4.82. The third-order valence-corrected chi connectivity index (χ3v) is 6.92. The highest BCUT2D eigenvalue weighted by Crippen LogP contribution is 2.19. The standard InChI is InChI=1S/C21H28FN3O3S2/c1-2-28-11-10-25-17-9-8-15(22)12-18(17)30-21(25)24-20(27)14-29-13-19(26)23-16-6-4-3-5-7-16/h8-9,12,16H,2-7,10-11,13-14H2,1H3,(H,23,26). The molecule has 1 aromatic heterocycles. The van der Waals surface area contributed by atoms with Gasteiger partial charge in [0.15, 0.2) is 4.80 Å². The molecule has 0 spiro atoms. The molecule has 1 N–H and O–H groups in total. The molecule has 164 valence electrons. The fraction of sp³-hybridized carbons (Fsp3) is 0.571. The highest BCUT2D eigenvalue weighted by atomic mass is 32.2. The Balaban J connectivity index is 1.60. The highest BCUT2D eigenvalue weighted by Gasteiger charge is 2.16. The summed E-state index contributed by atoms with van der Waals surface area (Å²) >= 11 is 2.55. The van der Waals surface area contributed by atoms with E-state index in [1.165, 1.54) is 41.7 Å². The topological polar surface area (TPSA) is 72.7 Å². The third-order valence-electron chi connectivity index (χ3n) is 4.96. The van der Waals surface area contributed by atoms with E-state index >= 15 is 0 Å². The van der Waals surface area contributed by atoms with Crippen molar-refractivity contribution < 1.29 is 18.7 Å². The first-order valence-electron chi connectivity index (χ1n) is 10.4. The molecule has 0 unspecified atom stereocenters. The predicted molar refractivity (Wildman–Crippen MR) is 119 cm³/mol. The zero-order valence-corrected chi connectivity index (χ0v) is 18.8. The van der Waals surface area contributed by atoms with Gasteiger partial charge in [0.25, 0.3) is 5.91 Å². The maximum atomic E-state index is 13.6. The predicted octanol–water partition coefficient (Wildman–Crippen LogP) is 3.49. The molecule has 1 aliphatic carbocycles. The van der Waals surface area contributed by atoms with Crippen LogP contribution in [-0.2, 0) is 20.9 Å². The van der Waals surface area contributed by atoms with Crippen molar-refractivity contribution in [1.29, 1.82) is 0 Å². The van der Waals surface area contributed by atoms with Crippen molar-refractivity contribution in [2.24, 2.45) is 4.99 Å². The van der Waals surface area contributed by atoms with E-state index in [2.05, 4.69) is 10.3 Å². The van der Waals surface area contributed by atoms with Gasteiger partial charge < -0.3 is 14.6 Å². The van der Waals surface area contributed by atoms with Gasteiger partial charge in [0.1, 0.15) is 5.82 Å². The number of carbonyl (C=O) groups is 2. The lowest BCUT2D eigenvalue weighted by molar-refractivity contribution is -0.119. The van der Waals surface area contributed by atoms with Crippen LogP contribution in [0.25, 0.3) is 10.2 Å². The fourth-order valence-electron chi connectivity index (χ4n) is 3.53. The van der Waals surface area contributed by atoms with Gasteiger partial charge in [-0.1, -0.05) is 30.6 Å². The number of fused-ring (bicyclic) bond motifs is 1. The van der Waals surface area contributed by atoms with E-state index in [1.54, 1.807) is 6.07 Å². The number of rotatable bonds is 9. The first-order chi connectivity index (χ1) is 14.6. The maximum absolute atomic E-state index is 13.6. The Bertz CT molecular complexity index is 935. The molecule has 2 aromatic rings. The molecule has 30 heavy (non-hydrogen) atoms. The summed E-state index contributed by atoms with van der Waals surface area (Å²) in [5, 5.41) is 3.05. The fourth-order valence-corrected chi connectivity index (χ4v) is 5.24. The van der Waals surface area contributed by atoms with Crippen molar-refractivity contribution >= 4 is 45.1 Å². The average molecular weight is 454 g/mol. The summed E-state index contributed by atoms with van der Waals surface area (Å²) in [7, 11) is 0. The minimum Gasteiger partial charge on any atom is -0.380 e. The summed E-state index contributed by atoms with van der Waals surface area (Å²) in [5.74, 6) is -0.268. The van der Waals surface area contributed by atoms with Crippen LogP contribution in [0.1, 0.15) is 39.0 Å². The highest BCUT2D eigenvalue weighted by molar-refractivity contribution is 8.00. The Morgan fingerprint density at radius 3 is 2.87 bits per heavy atom. The number of thioether (sulfide) groups is 1. The van der Waals surface area contributed by atoms with Gasteiger partial charge in [0.05, 0.1) is 28.3 Å². The van der Waals surface area contributed by atoms with E-state index in [-0.39, 0.29) is 35.2 Å². The summed E-state index contributed by atoms with van der Waals surface area (Å²) in [5.41, 5.74) is 0.826. The van der Waals surface area contributed by atoms with E-state index in [0.717, 1.165) is 35.9 Å². The number of hydrogen-bond acceptors (Lipinski definition) is 5. The first kappa shape index (κ1) is 23.0. The second kappa shape index (κ2) is 11.6. The third kappa shape index (κ3) is 6.65. The van der Waals surface area contributed by atoms with Crippen molar-refractivity contribution in [2.75, 3.05) is 24.7 Å². The van der Waals surface area contributed by atoms with E-state index in [0.29, 0.717) is 24.6 Å². The molecule has 0 radical (unpaired) electrons. The van der Waals surface area contributed by atoms with Crippen molar-refractivity contribution in [2.45, 2.75) is 51.6 Å². The van der Waals surface area contributed by atoms with Crippen LogP contribution in [0.15, 0.2) is 23.2 Å². The number of nitrogens with one attached hydrogen (secondary N) is 1. The number of halogens is 1. The average Bonchev–Trinajstić information content (AvgIpc) is 3.05. The zero-order chi connectivity index (χ0) is 21.3. The normalized spacial score (nSPS) is 15.6. The van der Waals surface area contributed by atoms with Gasteiger partial charge in [0, 0.05) is 19.2 Å². The van der Waals surface area contributed by atoms with Crippen LogP contribution in [0.3, 0.4) is 0 Å². The quantitative estimate of drug-likeness (QED) is 0.590. The van der Waals surface area contributed by atoms with E-state index < -0.39 is 0 Å². The largest absolute Gasteiger partial charge is 0.380 e. The minimum atomic E-state index is -0.321. The Hall–Kier alpha value is -1.71. The first-order valence-corrected chi connectivity index (χ1v) is 12.3. The van der Waals surface area contributed by atoms with Crippen LogP contribution >= 0.6 is 23.1 Å². The van der Waals surface area contributed by atoms with Gasteiger partial charge in [0.2, 0.25) is 5.91 Å². The number of carbonyl (C=O) groups excluding carboxylic acids is 2. The van der Waals surface area contributed by atoms with E-state index in [4.69, 9.17) is 4.74 Å². The summed E-state index contributed by atoms with van der Waals surface area (Å²) < 4.78 is 21.6. The molecule has 2 amide bonds. The number of ether oxygens (including phenoxy) is 1. The van der Waals surface area contributed by atoms with Crippen LogP contribution in [0.2, 0.25) is 0 Å². The molecule has 0 aliphatic heterocycles. The van der Waals surface area contributed by atoms with E-state index in [1.807, 2.05) is 11.5 Å². The molecule has 1 fully saturated rings. The molecule has 0 saturated heterocycles. The van der Waals surface area contributed by atoms with Gasteiger partial charge in [-0.05, 0) is 38.0 Å².